The Bertz CT molecular complexity index is 714. The second-order valence-corrected chi connectivity index (χ2v) is 8.57. The first-order valence-electron chi connectivity index (χ1n) is 11.5. The van der Waals surface area contributed by atoms with Crippen molar-refractivity contribution in [2.24, 2.45) is 0 Å². The van der Waals surface area contributed by atoms with Crippen molar-refractivity contribution >= 4 is 6.16 Å². The lowest BCUT2D eigenvalue weighted by molar-refractivity contribution is 0.0303. The highest BCUT2D eigenvalue weighted by Gasteiger charge is 2.29. The summed E-state index contributed by atoms with van der Waals surface area (Å²) in [6, 6.07) is 20.4. The molecule has 0 amide bonds. The van der Waals surface area contributed by atoms with Gasteiger partial charge in [-0.15, -0.1) is 0 Å². The predicted molar refractivity (Wildman–Crippen MR) is 127 cm³/mol. The Morgan fingerprint density at radius 3 is 1.41 bits per heavy atom. The van der Waals surface area contributed by atoms with Crippen LogP contribution in [0.5, 0.6) is 0 Å². The quantitative estimate of drug-likeness (QED) is 0.341. The number of carbonyl (C=O) groups is 1. The molecule has 2 unspecified atom stereocenters. The molecule has 0 heterocycles. The normalized spacial score (nSPS) is 14.9. The molecule has 0 N–H and O–H groups in total. The molecule has 32 heavy (non-hydrogen) atoms. The summed E-state index contributed by atoms with van der Waals surface area (Å²) < 4.78 is 22.2. The molecular formula is C27H38O5. The van der Waals surface area contributed by atoms with Crippen LogP contribution in [-0.4, -0.2) is 45.8 Å². The largest absolute Gasteiger partial charge is 0.508 e. The maximum Gasteiger partial charge on any atom is 0.508 e. The van der Waals surface area contributed by atoms with Gasteiger partial charge in [-0.2, -0.15) is 0 Å². The van der Waals surface area contributed by atoms with E-state index in [1.54, 1.807) is 0 Å². The van der Waals surface area contributed by atoms with Crippen molar-refractivity contribution in [2.75, 3.05) is 39.6 Å². The van der Waals surface area contributed by atoms with Crippen LogP contribution in [0.4, 0.5) is 4.79 Å². The van der Waals surface area contributed by atoms with E-state index in [0.29, 0.717) is 39.3 Å². The van der Waals surface area contributed by atoms with E-state index in [1.165, 1.54) is 11.1 Å². The summed E-state index contributed by atoms with van der Waals surface area (Å²) in [6.07, 6.45) is 0.666. The molecular weight excluding hydrogens is 404 g/mol. The first-order valence-corrected chi connectivity index (χ1v) is 11.5. The highest BCUT2D eigenvalue weighted by molar-refractivity contribution is 5.59. The number of hydrogen-bond donors (Lipinski definition) is 0. The van der Waals surface area contributed by atoms with Crippen LogP contribution in [0.1, 0.15) is 51.7 Å². The van der Waals surface area contributed by atoms with Crippen LogP contribution in [0, 0.1) is 0 Å². The molecule has 5 heteroatoms. The van der Waals surface area contributed by atoms with E-state index in [1.807, 2.05) is 50.2 Å². The van der Waals surface area contributed by atoms with E-state index in [2.05, 4.69) is 38.1 Å². The molecule has 0 saturated heterocycles. The molecule has 0 aliphatic carbocycles. The van der Waals surface area contributed by atoms with Gasteiger partial charge in [0.1, 0.15) is 0 Å². The van der Waals surface area contributed by atoms with Crippen molar-refractivity contribution < 1.29 is 23.7 Å². The zero-order valence-electron chi connectivity index (χ0n) is 20.0. The molecule has 0 aliphatic heterocycles. The van der Waals surface area contributed by atoms with Crippen LogP contribution < -0.4 is 0 Å². The molecule has 0 saturated carbocycles. The lowest BCUT2D eigenvalue weighted by Gasteiger charge is -2.30. The van der Waals surface area contributed by atoms with Gasteiger partial charge >= 0.3 is 6.16 Å². The first kappa shape index (κ1) is 25.9. The van der Waals surface area contributed by atoms with E-state index in [0.717, 1.165) is 0 Å². The van der Waals surface area contributed by atoms with Gasteiger partial charge in [0.2, 0.25) is 0 Å². The molecule has 5 nitrogen and oxygen atoms in total. The smallest absolute Gasteiger partial charge is 0.434 e. The van der Waals surface area contributed by atoms with E-state index < -0.39 is 6.16 Å². The van der Waals surface area contributed by atoms with Gasteiger partial charge in [-0.05, 0) is 37.8 Å². The van der Waals surface area contributed by atoms with E-state index in [-0.39, 0.29) is 24.0 Å². The Hall–Kier alpha value is -2.37. The highest BCUT2D eigenvalue weighted by Crippen LogP contribution is 2.29. The van der Waals surface area contributed by atoms with Gasteiger partial charge in [-0.25, -0.2) is 4.79 Å². The fourth-order valence-corrected chi connectivity index (χ4v) is 3.70. The van der Waals surface area contributed by atoms with Crippen LogP contribution >= 0.6 is 0 Å². The van der Waals surface area contributed by atoms with Crippen LogP contribution in [0.15, 0.2) is 60.7 Å². The average molecular weight is 443 g/mol. The summed E-state index contributed by atoms with van der Waals surface area (Å²) in [5, 5.41) is 0. The number of rotatable bonds is 14. The summed E-state index contributed by atoms with van der Waals surface area (Å²) in [6.45, 7) is 11.2. The van der Waals surface area contributed by atoms with Crippen molar-refractivity contribution in [3.63, 3.8) is 0 Å². The van der Waals surface area contributed by atoms with Crippen LogP contribution in [-0.2, 0) is 29.8 Å². The lowest BCUT2D eigenvalue weighted by atomic mass is 9.80. The minimum absolute atomic E-state index is 0.235. The minimum atomic E-state index is -0.636. The Balaban J connectivity index is 1.85. The molecule has 2 rings (SSSR count). The van der Waals surface area contributed by atoms with E-state index >= 15 is 0 Å². The number of hydrogen-bond acceptors (Lipinski definition) is 5. The number of carbonyl (C=O) groups excluding carboxylic acids is 1. The SMILES string of the molecule is CCOCC(C)(CCOC(=O)OCCC(C)(COCC)c1ccccc1)c1ccccc1. The summed E-state index contributed by atoms with van der Waals surface area (Å²) in [5.41, 5.74) is 1.86. The topological polar surface area (TPSA) is 54.0 Å². The van der Waals surface area contributed by atoms with Crippen LogP contribution in [0.2, 0.25) is 0 Å². The summed E-state index contributed by atoms with van der Waals surface area (Å²) in [5.74, 6) is 0. The minimum Gasteiger partial charge on any atom is -0.434 e. The maximum atomic E-state index is 12.2. The maximum absolute atomic E-state index is 12.2. The number of benzene rings is 2. The van der Waals surface area contributed by atoms with Gasteiger partial charge < -0.3 is 18.9 Å². The molecule has 0 spiro atoms. The Kier molecular flexibility index (Phi) is 10.7. The van der Waals surface area contributed by atoms with Gasteiger partial charge in [0.25, 0.3) is 0 Å². The van der Waals surface area contributed by atoms with Crippen LogP contribution in [0.25, 0.3) is 0 Å². The molecule has 0 bridgehead atoms. The van der Waals surface area contributed by atoms with Crippen molar-refractivity contribution in [3.8, 4) is 0 Å². The lowest BCUT2D eigenvalue weighted by Crippen LogP contribution is -2.31. The van der Waals surface area contributed by atoms with Gasteiger partial charge in [0.15, 0.2) is 0 Å². The Labute approximate surface area is 193 Å². The third-order valence-corrected chi connectivity index (χ3v) is 5.94. The summed E-state index contributed by atoms with van der Waals surface area (Å²) in [4.78, 5) is 12.2. The fraction of sp³-hybridized carbons (Fsp3) is 0.519. The Morgan fingerprint density at radius 1 is 0.688 bits per heavy atom. The van der Waals surface area contributed by atoms with Crippen molar-refractivity contribution in [1.82, 2.24) is 0 Å². The van der Waals surface area contributed by atoms with E-state index in [9.17, 15) is 4.79 Å². The van der Waals surface area contributed by atoms with Gasteiger partial charge in [-0.3, -0.25) is 0 Å². The Morgan fingerprint density at radius 2 is 1.06 bits per heavy atom. The molecule has 2 aromatic carbocycles. The van der Waals surface area contributed by atoms with Gasteiger partial charge in [-0.1, -0.05) is 74.5 Å². The predicted octanol–water partition coefficient (Wildman–Crippen LogP) is 5.91. The molecule has 176 valence electrons. The zero-order chi connectivity index (χ0) is 23.3. The summed E-state index contributed by atoms with van der Waals surface area (Å²) >= 11 is 0. The third kappa shape index (κ3) is 7.95. The van der Waals surface area contributed by atoms with E-state index in [4.69, 9.17) is 18.9 Å². The zero-order valence-corrected chi connectivity index (χ0v) is 20.0. The van der Waals surface area contributed by atoms with Gasteiger partial charge in [0.05, 0.1) is 26.4 Å². The second-order valence-electron chi connectivity index (χ2n) is 8.57. The van der Waals surface area contributed by atoms with Crippen molar-refractivity contribution in [2.45, 2.75) is 51.4 Å². The van der Waals surface area contributed by atoms with Gasteiger partial charge in [0, 0.05) is 24.0 Å². The third-order valence-electron chi connectivity index (χ3n) is 5.94. The molecule has 0 fully saturated rings. The summed E-state index contributed by atoms with van der Waals surface area (Å²) in [7, 11) is 0. The number of ether oxygens (including phenoxy) is 4. The second kappa shape index (κ2) is 13.2. The molecule has 2 atom stereocenters. The molecule has 2 aromatic rings. The monoisotopic (exact) mass is 442 g/mol. The van der Waals surface area contributed by atoms with Crippen molar-refractivity contribution in [1.29, 1.82) is 0 Å². The molecule has 0 aliphatic rings. The fourth-order valence-electron chi connectivity index (χ4n) is 3.70. The van der Waals surface area contributed by atoms with Crippen molar-refractivity contribution in [3.05, 3.63) is 71.8 Å². The molecule has 0 aromatic heterocycles. The van der Waals surface area contributed by atoms with Crippen LogP contribution in [0.3, 0.4) is 0 Å². The first-order chi connectivity index (χ1) is 15.4. The highest BCUT2D eigenvalue weighted by atomic mass is 16.7. The standard InChI is InChI=1S/C27H38O5/c1-5-29-21-26(3,23-13-9-7-10-14-23)17-19-31-25(28)32-20-18-27(4,22-30-6-2)24-15-11-8-12-16-24/h7-16H,5-6,17-22H2,1-4H3. The molecule has 0 radical (unpaired) electrons. The average Bonchev–Trinajstić information content (AvgIpc) is 2.82.